The second-order valence-electron chi connectivity index (χ2n) is 3.35. The number of aromatic hydroxyl groups is 1. The summed E-state index contributed by atoms with van der Waals surface area (Å²) in [6.07, 6.45) is -0.716. The van der Waals surface area contributed by atoms with Crippen LogP contribution in [0.15, 0.2) is 18.2 Å². The third-order valence-electron chi connectivity index (χ3n) is 2.07. The molecular formula is C10H15NO2. The lowest BCUT2D eigenvalue weighted by molar-refractivity contribution is 0.153. The van der Waals surface area contributed by atoms with Crippen molar-refractivity contribution in [3.05, 3.63) is 29.3 Å². The van der Waals surface area contributed by atoms with Crippen molar-refractivity contribution in [3.63, 3.8) is 0 Å². The number of phenols is 1. The SMILES string of the molecule is Cc1ccc([C@@H](O)[C@H](C)N)cc1O. The Morgan fingerprint density at radius 3 is 2.46 bits per heavy atom. The van der Waals surface area contributed by atoms with Crippen LogP contribution >= 0.6 is 0 Å². The minimum Gasteiger partial charge on any atom is -0.508 e. The first-order chi connectivity index (χ1) is 6.02. The van der Waals surface area contributed by atoms with Crippen LogP contribution in [0.5, 0.6) is 5.75 Å². The predicted octanol–water partition coefficient (Wildman–Crippen LogP) is 1.08. The van der Waals surface area contributed by atoms with Crippen LogP contribution in [0.1, 0.15) is 24.2 Å². The number of aliphatic hydroxyl groups excluding tert-OH is 1. The third-order valence-corrected chi connectivity index (χ3v) is 2.07. The van der Waals surface area contributed by atoms with Crippen LogP contribution in [0.2, 0.25) is 0 Å². The van der Waals surface area contributed by atoms with Crippen molar-refractivity contribution in [2.24, 2.45) is 5.73 Å². The van der Waals surface area contributed by atoms with Gasteiger partial charge in [0.2, 0.25) is 0 Å². The molecule has 0 amide bonds. The normalized spacial score (nSPS) is 15.4. The van der Waals surface area contributed by atoms with Gasteiger partial charge >= 0.3 is 0 Å². The lowest BCUT2D eigenvalue weighted by Crippen LogP contribution is -2.24. The highest BCUT2D eigenvalue weighted by molar-refractivity contribution is 5.36. The maximum absolute atomic E-state index is 9.58. The van der Waals surface area contributed by atoms with Crippen LogP contribution in [0.25, 0.3) is 0 Å². The number of aliphatic hydroxyl groups is 1. The molecule has 0 aliphatic rings. The van der Waals surface area contributed by atoms with Crippen LogP contribution in [-0.2, 0) is 0 Å². The van der Waals surface area contributed by atoms with Crippen molar-refractivity contribution in [1.29, 1.82) is 0 Å². The van der Waals surface area contributed by atoms with Crippen LogP contribution < -0.4 is 5.73 Å². The predicted molar refractivity (Wildman–Crippen MR) is 51.5 cm³/mol. The van der Waals surface area contributed by atoms with Crippen LogP contribution in [-0.4, -0.2) is 16.3 Å². The van der Waals surface area contributed by atoms with Gasteiger partial charge in [0.15, 0.2) is 0 Å². The molecule has 1 aromatic rings. The van der Waals surface area contributed by atoms with Crippen molar-refractivity contribution in [3.8, 4) is 5.75 Å². The first kappa shape index (κ1) is 10.0. The Morgan fingerprint density at radius 2 is 2.00 bits per heavy atom. The maximum Gasteiger partial charge on any atom is 0.118 e. The molecule has 2 atom stereocenters. The Labute approximate surface area is 77.8 Å². The Balaban J connectivity index is 2.97. The number of hydrogen-bond acceptors (Lipinski definition) is 3. The molecule has 3 heteroatoms. The first-order valence-corrected chi connectivity index (χ1v) is 4.25. The van der Waals surface area contributed by atoms with E-state index in [9.17, 15) is 10.2 Å². The molecule has 0 spiro atoms. The lowest BCUT2D eigenvalue weighted by Gasteiger charge is -2.15. The number of hydrogen-bond donors (Lipinski definition) is 3. The van der Waals surface area contributed by atoms with E-state index in [1.54, 1.807) is 32.0 Å². The van der Waals surface area contributed by atoms with Gasteiger partial charge in [0.25, 0.3) is 0 Å². The van der Waals surface area contributed by atoms with E-state index in [0.29, 0.717) is 5.56 Å². The molecule has 72 valence electrons. The number of phenolic OH excluding ortho intramolecular Hbond substituents is 1. The topological polar surface area (TPSA) is 66.5 Å². The molecule has 0 fully saturated rings. The average molecular weight is 181 g/mol. The summed E-state index contributed by atoms with van der Waals surface area (Å²) in [6, 6.07) is 4.74. The van der Waals surface area contributed by atoms with Gasteiger partial charge in [0, 0.05) is 6.04 Å². The smallest absolute Gasteiger partial charge is 0.118 e. The highest BCUT2D eigenvalue weighted by Gasteiger charge is 2.12. The van der Waals surface area contributed by atoms with Gasteiger partial charge in [-0.3, -0.25) is 0 Å². The van der Waals surface area contributed by atoms with E-state index in [1.165, 1.54) is 0 Å². The Bertz CT molecular complexity index is 297. The first-order valence-electron chi connectivity index (χ1n) is 4.25. The summed E-state index contributed by atoms with van der Waals surface area (Å²) in [5, 5.41) is 19.0. The molecule has 0 saturated heterocycles. The number of nitrogens with two attached hydrogens (primary N) is 1. The summed E-state index contributed by atoms with van der Waals surface area (Å²) in [7, 11) is 0. The zero-order valence-electron chi connectivity index (χ0n) is 7.86. The van der Waals surface area contributed by atoms with Gasteiger partial charge in [-0.05, 0) is 31.0 Å². The number of rotatable bonds is 2. The molecule has 0 saturated carbocycles. The number of aryl methyl sites for hydroxylation is 1. The number of benzene rings is 1. The fourth-order valence-electron chi connectivity index (χ4n) is 1.11. The third kappa shape index (κ3) is 2.20. The lowest BCUT2D eigenvalue weighted by atomic mass is 10.0. The van der Waals surface area contributed by atoms with Crippen molar-refractivity contribution < 1.29 is 10.2 Å². The van der Waals surface area contributed by atoms with E-state index >= 15 is 0 Å². The second-order valence-corrected chi connectivity index (χ2v) is 3.35. The molecule has 13 heavy (non-hydrogen) atoms. The molecule has 0 radical (unpaired) electrons. The van der Waals surface area contributed by atoms with Gasteiger partial charge in [-0.2, -0.15) is 0 Å². The monoisotopic (exact) mass is 181 g/mol. The van der Waals surface area contributed by atoms with Gasteiger partial charge < -0.3 is 15.9 Å². The zero-order valence-corrected chi connectivity index (χ0v) is 7.86. The molecule has 0 aromatic heterocycles. The summed E-state index contributed by atoms with van der Waals surface area (Å²) in [6.45, 7) is 3.53. The summed E-state index contributed by atoms with van der Waals surface area (Å²) in [5.74, 6) is 0.192. The minimum atomic E-state index is -0.716. The molecule has 4 N–H and O–H groups in total. The van der Waals surface area contributed by atoms with E-state index in [-0.39, 0.29) is 11.8 Å². The fraction of sp³-hybridized carbons (Fsp3) is 0.400. The van der Waals surface area contributed by atoms with Gasteiger partial charge in [-0.25, -0.2) is 0 Å². The van der Waals surface area contributed by atoms with Gasteiger partial charge in [-0.15, -0.1) is 0 Å². The molecule has 0 bridgehead atoms. The Kier molecular flexibility index (Phi) is 2.90. The highest BCUT2D eigenvalue weighted by Crippen LogP contribution is 2.23. The van der Waals surface area contributed by atoms with Gasteiger partial charge in [0.1, 0.15) is 5.75 Å². The van der Waals surface area contributed by atoms with E-state index in [0.717, 1.165) is 5.56 Å². The molecule has 3 nitrogen and oxygen atoms in total. The molecule has 1 aromatic carbocycles. The molecular weight excluding hydrogens is 166 g/mol. The van der Waals surface area contributed by atoms with E-state index in [2.05, 4.69) is 0 Å². The van der Waals surface area contributed by atoms with Crippen LogP contribution in [0.3, 0.4) is 0 Å². The Hall–Kier alpha value is -1.06. The maximum atomic E-state index is 9.58. The summed E-state index contributed by atoms with van der Waals surface area (Å²) in [5.41, 5.74) is 6.97. The summed E-state index contributed by atoms with van der Waals surface area (Å²) >= 11 is 0. The highest BCUT2D eigenvalue weighted by atomic mass is 16.3. The van der Waals surface area contributed by atoms with Gasteiger partial charge in [-0.1, -0.05) is 12.1 Å². The quantitative estimate of drug-likeness (QED) is 0.639. The van der Waals surface area contributed by atoms with Crippen LogP contribution in [0, 0.1) is 6.92 Å². The second kappa shape index (κ2) is 3.77. The van der Waals surface area contributed by atoms with Crippen molar-refractivity contribution in [1.82, 2.24) is 0 Å². The molecule has 0 unspecified atom stereocenters. The molecule has 0 heterocycles. The van der Waals surface area contributed by atoms with E-state index < -0.39 is 6.10 Å². The molecule has 0 aliphatic carbocycles. The summed E-state index contributed by atoms with van der Waals surface area (Å²) < 4.78 is 0. The zero-order chi connectivity index (χ0) is 10.0. The standard InChI is InChI=1S/C10H15NO2/c1-6-3-4-8(5-9(6)12)10(13)7(2)11/h3-5,7,10,12-13H,11H2,1-2H3/t7-,10-/m0/s1. The van der Waals surface area contributed by atoms with Crippen molar-refractivity contribution >= 4 is 0 Å². The molecule has 1 rings (SSSR count). The van der Waals surface area contributed by atoms with E-state index in [4.69, 9.17) is 5.73 Å². The van der Waals surface area contributed by atoms with Crippen molar-refractivity contribution in [2.75, 3.05) is 0 Å². The summed E-state index contributed by atoms with van der Waals surface area (Å²) in [4.78, 5) is 0. The Morgan fingerprint density at radius 1 is 1.38 bits per heavy atom. The van der Waals surface area contributed by atoms with Gasteiger partial charge in [0.05, 0.1) is 6.10 Å². The fourth-order valence-corrected chi connectivity index (χ4v) is 1.11. The molecule has 0 aliphatic heterocycles. The average Bonchev–Trinajstić information content (AvgIpc) is 2.08. The van der Waals surface area contributed by atoms with Crippen molar-refractivity contribution in [2.45, 2.75) is 26.0 Å². The van der Waals surface area contributed by atoms with Crippen LogP contribution in [0.4, 0.5) is 0 Å². The largest absolute Gasteiger partial charge is 0.508 e. The minimum absolute atomic E-state index is 0.192. The van der Waals surface area contributed by atoms with E-state index in [1.807, 2.05) is 0 Å².